The number of aromatic nitrogens is 2. The maximum Gasteiger partial charge on any atom is 0.277 e. The number of nitrogens with one attached hydrogen (secondary N) is 1. The normalized spacial score (nSPS) is 10.7. The highest BCUT2D eigenvalue weighted by Crippen LogP contribution is 2.15. The molecular weight excluding hydrogens is 216 g/mol. The summed E-state index contributed by atoms with van der Waals surface area (Å²) < 4.78 is 5.12. The average molecular weight is 230 g/mol. The minimum atomic E-state index is -0.0532. The smallest absolute Gasteiger partial charge is 0.277 e. The van der Waals surface area contributed by atoms with Crippen LogP contribution < -0.4 is 11.1 Å². The number of rotatable bonds is 5. The summed E-state index contributed by atoms with van der Waals surface area (Å²) in [5.74, 6) is 0.592. The van der Waals surface area contributed by atoms with Gasteiger partial charge in [-0.2, -0.15) is 0 Å². The average Bonchev–Trinajstić information content (AvgIpc) is 2.61. The van der Waals surface area contributed by atoms with E-state index in [9.17, 15) is 4.79 Å². The van der Waals surface area contributed by atoms with Crippen LogP contribution in [0.3, 0.4) is 0 Å². The molecule has 6 nitrogen and oxygen atoms in total. The molecule has 1 aromatic rings. The van der Waals surface area contributed by atoms with Crippen molar-refractivity contribution in [3.8, 4) is 0 Å². The van der Waals surface area contributed by atoms with Crippen LogP contribution in [0.25, 0.3) is 0 Å². The van der Waals surface area contributed by atoms with Gasteiger partial charge in [-0.05, 0) is 13.8 Å². The zero-order valence-electron chi connectivity index (χ0n) is 8.69. The second-order valence-electron chi connectivity index (χ2n) is 3.18. The Kier molecular flexibility index (Phi) is 4.57. The van der Waals surface area contributed by atoms with Crippen LogP contribution in [0.15, 0.2) is 9.64 Å². The number of nitrogens with zero attached hydrogens (tertiary/aromatic N) is 2. The summed E-state index contributed by atoms with van der Waals surface area (Å²) >= 11 is 1.20. The van der Waals surface area contributed by atoms with Crippen molar-refractivity contribution in [2.24, 2.45) is 5.73 Å². The van der Waals surface area contributed by atoms with Crippen LogP contribution in [0.1, 0.15) is 19.7 Å². The third-order valence-electron chi connectivity index (χ3n) is 1.40. The quantitative estimate of drug-likeness (QED) is 0.699. The molecule has 1 amide bonds. The lowest BCUT2D eigenvalue weighted by atomic mass is 10.4. The monoisotopic (exact) mass is 230 g/mol. The van der Waals surface area contributed by atoms with Crippen LogP contribution >= 0.6 is 11.8 Å². The van der Waals surface area contributed by atoms with E-state index in [2.05, 4.69) is 15.5 Å². The van der Waals surface area contributed by atoms with Gasteiger partial charge in [0, 0.05) is 6.04 Å². The SMILES string of the molecule is CC(C)NC(=O)CSc1nnc(CN)o1. The topological polar surface area (TPSA) is 94.0 Å². The van der Waals surface area contributed by atoms with E-state index in [1.54, 1.807) is 0 Å². The molecule has 1 heterocycles. The van der Waals surface area contributed by atoms with Gasteiger partial charge in [0.2, 0.25) is 11.8 Å². The predicted molar refractivity (Wildman–Crippen MR) is 56.2 cm³/mol. The second-order valence-corrected chi connectivity index (χ2v) is 4.10. The van der Waals surface area contributed by atoms with Gasteiger partial charge in [0.05, 0.1) is 12.3 Å². The molecule has 0 saturated carbocycles. The molecule has 0 unspecified atom stereocenters. The van der Waals surface area contributed by atoms with E-state index in [-0.39, 0.29) is 24.2 Å². The molecule has 0 aliphatic carbocycles. The van der Waals surface area contributed by atoms with Crippen LogP contribution in [-0.2, 0) is 11.3 Å². The van der Waals surface area contributed by atoms with E-state index in [4.69, 9.17) is 10.2 Å². The molecule has 3 N–H and O–H groups in total. The molecule has 1 rings (SSSR count). The molecule has 0 aliphatic rings. The maximum absolute atomic E-state index is 11.3. The van der Waals surface area contributed by atoms with Gasteiger partial charge in [-0.25, -0.2) is 0 Å². The van der Waals surface area contributed by atoms with E-state index in [0.29, 0.717) is 11.1 Å². The van der Waals surface area contributed by atoms with Crippen LogP contribution in [0.5, 0.6) is 0 Å². The molecule has 0 fully saturated rings. The van der Waals surface area contributed by atoms with Crippen molar-refractivity contribution < 1.29 is 9.21 Å². The summed E-state index contributed by atoms with van der Waals surface area (Å²) in [4.78, 5) is 11.3. The number of carbonyl (C=O) groups excluding carboxylic acids is 1. The molecule has 15 heavy (non-hydrogen) atoms. The molecule has 7 heteroatoms. The van der Waals surface area contributed by atoms with Crippen molar-refractivity contribution >= 4 is 17.7 Å². The van der Waals surface area contributed by atoms with Crippen molar-refractivity contribution in [2.75, 3.05) is 5.75 Å². The van der Waals surface area contributed by atoms with Crippen molar-refractivity contribution in [1.29, 1.82) is 0 Å². The van der Waals surface area contributed by atoms with Crippen molar-refractivity contribution in [3.05, 3.63) is 5.89 Å². The third-order valence-corrected chi connectivity index (χ3v) is 2.22. The Morgan fingerprint density at radius 2 is 2.33 bits per heavy atom. The van der Waals surface area contributed by atoms with Crippen LogP contribution in [0, 0.1) is 0 Å². The van der Waals surface area contributed by atoms with E-state index in [1.807, 2.05) is 13.8 Å². The molecular formula is C8H14N4O2S. The van der Waals surface area contributed by atoms with Crippen LogP contribution in [0.2, 0.25) is 0 Å². The molecule has 1 aromatic heterocycles. The van der Waals surface area contributed by atoms with Crippen molar-refractivity contribution in [2.45, 2.75) is 31.7 Å². The van der Waals surface area contributed by atoms with Gasteiger partial charge in [-0.15, -0.1) is 10.2 Å². The second kappa shape index (κ2) is 5.72. The highest BCUT2D eigenvalue weighted by molar-refractivity contribution is 7.99. The van der Waals surface area contributed by atoms with Gasteiger partial charge < -0.3 is 15.5 Å². The van der Waals surface area contributed by atoms with Crippen LogP contribution in [-0.4, -0.2) is 27.9 Å². The zero-order valence-corrected chi connectivity index (χ0v) is 9.50. The van der Waals surface area contributed by atoms with E-state index in [1.165, 1.54) is 11.8 Å². The number of thioether (sulfide) groups is 1. The largest absolute Gasteiger partial charge is 0.415 e. The van der Waals surface area contributed by atoms with Gasteiger partial charge in [0.1, 0.15) is 0 Å². The molecule has 84 valence electrons. The maximum atomic E-state index is 11.3. The van der Waals surface area contributed by atoms with Gasteiger partial charge in [0.25, 0.3) is 5.22 Å². The fraction of sp³-hybridized carbons (Fsp3) is 0.625. The first-order valence-electron chi connectivity index (χ1n) is 4.56. The highest BCUT2D eigenvalue weighted by Gasteiger charge is 2.09. The predicted octanol–water partition coefficient (Wildman–Crippen LogP) is 0.145. The Labute approximate surface area is 92.0 Å². The lowest BCUT2D eigenvalue weighted by Crippen LogP contribution is -2.31. The summed E-state index contributed by atoms with van der Waals surface area (Å²) in [6, 6.07) is 0.139. The molecule has 0 bridgehead atoms. The minimum Gasteiger partial charge on any atom is -0.415 e. The molecule has 0 spiro atoms. The molecule has 0 atom stereocenters. The van der Waals surface area contributed by atoms with Gasteiger partial charge in [0.15, 0.2) is 0 Å². The lowest BCUT2D eigenvalue weighted by Gasteiger charge is -2.06. The Bertz CT molecular complexity index is 326. The lowest BCUT2D eigenvalue weighted by molar-refractivity contribution is -0.119. The molecule has 0 aromatic carbocycles. The Hall–Kier alpha value is -1.08. The number of hydrogen-bond donors (Lipinski definition) is 2. The number of carbonyl (C=O) groups is 1. The fourth-order valence-corrected chi connectivity index (χ4v) is 1.46. The molecule has 0 aliphatic heterocycles. The summed E-state index contributed by atoms with van der Waals surface area (Å²) in [6.45, 7) is 4.02. The Balaban J connectivity index is 2.33. The zero-order chi connectivity index (χ0) is 11.3. The van der Waals surface area contributed by atoms with Crippen molar-refractivity contribution in [3.63, 3.8) is 0 Å². The molecule has 0 saturated heterocycles. The van der Waals surface area contributed by atoms with Crippen LogP contribution in [0.4, 0.5) is 0 Å². The summed E-state index contributed by atoms with van der Waals surface area (Å²) in [5, 5.41) is 10.5. The van der Waals surface area contributed by atoms with E-state index < -0.39 is 0 Å². The number of hydrogen-bond acceptors (Lipinski definition) is 6. The van der Waals surface area contributed by atoms with Gasteiger partial charge in [-0.3, -0.25) is 4.79 Å². The fourth-order valence-electron chi connectivity index (χ4n) is 0.870. The standard InChI is InChI=1S/C8H14N4O2S/c1-5(2)10-6(13)4-15-8-12-11-7(3-9)14-8/h5H,3-4,9H2,1-2H3,(H,10,13). The first-order chi connectivity index (χ1) is 7.11. The minimum absolute atomic E-state index is 0.0532. The third kappa shape index (κ3) is 4.30. The van der Waals surface area contributed by atoms with E-state index >= 15 is 0 Å². The van der Waals surface area contributed by atoms with Gasteiger partial charge in [-0.1, -0.05) is 11.8 Å². The number of amides is 1. The van der Waals surface area contributed by atoms with Gasteiger partial charge >= 0.3 is 0 Å². The first kappa shape index (κ1) is 12.0. The summed E-state index contributed by atoms with van der Waals surface area (Å²) in [7, 11) is 0. The Morgan fingerprint density at radius 3 is 2.87 bits per heavy atom. The summed E-state index contributed by atoms with van der Waals surface area (Å²) in [5.41, 5.74) is 5.30. The highest BCUT2D eigenvalue weighted by atomic mass is 32.2. The van der Waals surface area contributed by atoms with Crippen molar-refractivity contribution in [1.82, 2.24) is 15.5 Å². The number of nitrogens with two attached hydrogens (primary N) is 1. The molecule has 0 radical (unpaired) electrons. The summed E-state index contributed by atoms with van der Waals surface area (Å²) in [6.07, 6.45) is 0. The Morgan fingerprint density at radius 1 is 1.60 bits per heavy atom. The first-order valence-corrected chi connectivity index (χ1v) is 5.55. The van der Waals surface area contributed by atoms with E-state index in [0.717, 1.165) is 0 Å².